The van der Waals surface area contributed by atoms with Crippen LogP contribution < -0.4 is 5.32 Å². The SMILES string of the molecule is Cc1nc2cc(C(=O)NCc3ccco3)ccc2n1-c1cccc(F)c1. The zero-order valence-corrected chi connectivity index (χ0v) is 14.1. The van der Waals surface area contributed by atoms with Gasteiger partial charge in [-0.15, -0.1) is 0 Å². The summed E-state index contributed by atoms with van der Waals surface area (Å²) in [5, 5.41) is 2.81. The van der Waals surface area contributed by atoms with E-state index < -0.39 is 0 Å². The number of carbonyl (C=O) groups is 1. The minimum atomic E-state index is -0.308. The Morgan fingerprint density at radius 1 is 1.19 bits per heavy atom. The van der Waals surface area contributed by atoms with E-state index in [1.54, 1.807) is 36.6 Å². The lowest BCUT2D eigenvalue weighted by Gasteiger charge is -2.07. The lowest BCUT2D eigenvalue weighted by Crippen LogP contribution is -2.22. The van der Waals surface area contributed by atoms with E-state index in [4.69, 9.17) is 4.42 Å². The summed E-state index contributed by atoms with van der Waals surface area (Å²) in [6, 6.07) is 15.2. The Kier molecular flexibility index (Phi) is 4.01. The standard InChI is InChI=1S/C20H16FN3O2/c1-13-23-18-10-14(20(25)22-12-17-6-3-9-26-17)7-8-19(18)24(13)16-5-2-4-15(21)11-16/h2-11H,12H2,1H3,(H,22,25). The summed E-state index contributed by atoms with van der Waals surface area (Å²) in [6.45, 7) is 2.17. The van der Waals surface area contributed by atoms with Crippen molar-refractivity contribution in [1.29, 1.82) is 0 Å². The summed E-state index contributed by atoms with van der Waals surface area (Å²) < 4.78 is 20.6. The average Bonchev–Trinajstić information content (AvgIpc) is 3.25. The summed E-state index contributed by atoms with van der Waals surface area (Å²) in [7, 11) is 0. The van der Waals surface area contributed by atoms with E-state index in [-0.39, 0.29) is 11.7 Å². The second kappa shape index (κ2) is 6.48. The molecule has 4 rings (SSSR count). The molecule has 0 unspecified atom stereocenters. The Bertz CT molecular complexity index is 1080. The van der Waals surface area contributed by atoms with Crippen molar-refractivity contribution in [3.8, 4) is 5.69 Å². The maximum atomic E-state index is 13.6. The molecule has 1 N–H and O–H groups in total. The molecule has 6 heteroatoms. The van der Waals surface area contributed by atoms with Gasteiger partial charge in [0.2, 0.25) is 0 Å². The van der Waals surface area contributed by atoms with E-state index in [1.807, 2.05) is 23.6 Å². The highest BCUT2D eigenvalue weighted by Gasteiger charge is 2.13. The number of halogens is 1. The minimum Gasteiger partial charge on any atom is -0.467 e. The number of imidazole rings is 1. The number of rotatable bonds is 4. The molecule has 2 heterocycles. The predicted molar refractivity (Wildman–Crippen MR) is 95.6 cm³/mol. The largest absolute Gasteiger partial charge is 0.467 e. The Morgan fingerprint density at radius 2 is 2.08 bits per heavy atom. The molecule has 0 aliphatic heterocycles. The van der Waals surface area contributed by atoms with Gasteiger partial charge in [0.25, 0.3) is 5.91 Å². The Morgan fingerprint density at radius 3 is 2.85 bits per heavy atom. The number of fused-ring (bicyclic) bond motifs is 1. The first-order chi connectivity index (χ1) is 12.6. The molecule has 1 amide bonds. The number of hydrogen-bond acceptors (Lipinski definition) is 3. The molecule has 5 nitrogen and oxygen atoms in total. The van der Waals surface area contributed by atoms with Crippen LogP contribution in [0.2, 0.25) is 0 Å². The molecule has 4 aromatic rings. The van der Waals surface area contributed by atoms with Crippen molar-refractivity contribution in [2.75, 3.05) is 0 Å². The van der Waals surface area contributed by atoms with Gasteiger partial charge in [0, 0.05) is 5.56 Å². The fraction of sp³-hybridized carbons (Fsp3) is 0.100. The zero-order valence-electron chi connectivity index (χ0n) is 14.1. The van der Waals surface area contributed by atoms with Crippen LogP contribution in [0.5, 0.6) is 0 Å². The van der Waals surface area contributed by atoms with Crippen LogP contribution in [-0.2, 0) is 6.54 Å². The highest BCUT2D eigenvalue weighted by atomic mass is 19.1. The number of hydrogen-bond donors (Lipinski definition) is 1. The van der Waals surface area contributed by atoms with E-state index in [9.17, 15) is 9.18 Å². The van der Waals surface area contributed by atoms with Crippen LogP contribution in [-0.4, -0.2) is 15.5 Å². The van der Waals surface area contributed by atoms with Crippen LogP contribution in [0.15, 0.2) is 65.3 Å². The number of carbonyl (C=O) groups excluding carboxylic acids is 1. The summed E-state index contributed by atoms with van der Waals surface area (Å²) in [6.07, 6.45) is 1.56. The highest BCUT2D eigenvalue weighted by Crippen LogP contribution is 2.23. The molecule has 130 valence electrons. The maximum Gasteiger partial charge on any atom is 0.251 e. The van der Waals surface area contributed by atoms with Crippen molar-refractivity contribution in [3.63, 3.8) is 0 Å². The summed E-state index contributed by atoms with van der Waals surface area (Å²) >= 11 is 0. The van der Waals surface area contributed by atoms with E-state index in [0.29, 0.717) is 29.1 Å². The van der Waals surface area contributed by atoms with Crippen LogP contribution in [0, 0.1) is 12.7 Å². The van der Waals surface area contributed by atoms with Gasteiger partial charge in [0.05, 0.1) is 29.5 Å². The Labute approximate surface area is 149 Å². The fourth-order valence-corrected chi connectivity index (χ4v) is 2.97. The molecule has 0 aliphatic carbocycles. The molecule has 0 atom stereocenters. The first-order valence-corrected chi connectivity index (χ1v) is 8.17. The van der Waals surface area contributed by atoms with Crippen LogP contribution >= 0.6 is 0 Å². The average molecular weight is 349 g/mol. The zero-order chi connectivity index (χ0) is 18.1. The lowest BCUT2D eigenvalue weighted by atomic mass is 10.2. The molecule has 0 fully saturated rings. The molecular weight excluding hydrogens is 333 g/mol. The number of nitrogens with zero attached hydrogens (tertiary/aromatic N) is 2. The van der Waals surface area contributed by atoms with Crippen LogP contribution in [0.25, 0.3) is 16.7 Å². The van der Waals surface area contributed by atoms with Crippen molar-refractivity contribution in [3.05, 3.63) is 83.8 Å². The van der Waals surface area contributed by atoms with Crippen LogP contribution in [0.3, 0.4) is 0 Å². The lowest BCUT2D eigenvalue weighted by molar-refractivity contribution is 0.0948. The van der Waals surface area contributed by atoms with Gasteiger partial charge in [-0.3, -0.25) is 9.36 Å². The molecule has 2 aromatic heterocycles. The first kappa shape index (κ1) is 16.1. The second-order valence-electron chi connectivity index (χ2n) is 5.94. The monoisotopic (exact) mass is 349 g/mol. The van der Waals surface area contributed by atoms with Gasteiger partial charge < -0.3 is 9.73 Å². The molecular formula is C20H16FN3O2. The molecule has 0 saturated carbocycles. The van der Waals surface area contributed by atoms with Gasteiger partial charge in [-0.2, -0.15) is 0 Å². The third kappa shape index (κ3) is 2.97. The van der Waals surface area contributed by atoms with Crippen molar-refractivity contribution in [2.45, 2.75) is 13.5 Å². The second-order valence-corrected chi connectivity index (χ2v) is 5.94. The number of nitrogens with one attached hydrogen (secondary N) is 1. The smallest absolute Gasteiger partial charge is 0.251 e. The Hall–Kier alpha value is -3.41. The number of furan rings is 1. The molecule has 2 aromatic carbocycles. The van der Waals surface area contributed by atoms with E-state index in [0.717, 1.165) is 11.3 Å². The van der Waals surface area contributed by atoms with Crippen LogP contribution in [0.4, 0.5) is 4.39 Å². The topological polar surface area (TPSA) is 60.1 Å². The van der Waals surface area contributed by atoms with Crippen molar-refractivity contribution < 1.29 is 13.6 Å². The normalized spacial score (nSPS) is 11.0. The van der Waals surface area contributed by atoms with Gasteiger partial charge in [-0.05, 0) is 55.5 Å². The quantitative estimate of drug-likeness (QED) is 0.606. The highest BCUT2D eigenvalue weighted by molar-refractivity contribution is 5.97. The summed E-state index contributed by atoms with van der Waals surface area (Å²) in [4.78, 5) is 16.9. The van der Waals surface area contributed by atoms with E-state index >= 15 is 0 Å². The van der Waals surface area contributed by atoms with Gasteiger partial charge in [0.1, 0.15) is 17.4 Å². The molecule has 0 spiro atoms. The summed E-state index contributed by atoms with van der Waals surface area (Å²) in [5.41, 5.74) is 2.70. The first-order valence-electron chi connectivity index (χ1n) is 8.17. The van der Waals surface area contributed by atoms with Gasteiger partial charge in [-0.1, -0.05) is 6.07 Å². The summed E-state index contributed by atoms with van der Waals surface area (Å²) in [5.74, 6) is 0.892. The number of amides is 1. The molecule has 0 saturated heterocycles. The maximum absolute atomic E-state index is 13.6. The molecule has 0 aliphatic rings. The molecule has 26 heavy (non-hydrogen) atoms. The number of benzene rings is 2. The number of aromatic nitrogens is 2. The van der Waals surface area contributed by atoms with Crippen LogP contribution in [0.1, 0.15) is 21.9 Å². The van der Waals surface area contributed by atoms with Gasteiger partial charge in [-0.25, -0.2) is 9.37 Å². The van der Waals surface area contributed by atoms with Crippen molar-refractivity contribution in [2.24, 2.45) is 0 Å². The van der Waals surface area contributed by atoms with Gasteiger partial charge in [0.15, 0.2) is 0 Å². The minimum absolute atomic E-state index is 0.207. The van der Waals surface area contributed by atoms with E-state index in [1.165, 1.54) is 12.1 Å². The van der Waals surface area contributed by atoms with Gasteiger partial charge >= 0.3 is 0 Å². The fourth-order valence-electron chi connectivity index (χ4n) is 2.97. The predicted octanol–water partition coefficient (Wildman–Crippen LogP) is 4.00. The van der Waals surface area contributed by atoms with E-state index in [2.05, 4.69) is 10.3 Å². The molecule has 0 bridgehead atoms. The van der Waals surface area contributed by atoms with Crippen molar-refractivity contribution >= 4 is 16.9 Å². The van der Waals surface area contributed by atoms with Crippen molar-refractivity contribution in [1.82, 2.24) is 14.9 Å². The molecule has 0 radical (unpaired) electrons. The number of aryl methyl sites for hydroxylation is 1. The Balaban J connectivity index is 1.65. The third-order valence-corrected chi connectivity index (χ3v) is 4.15. The third-order valence-electron chi connectivity index (χ3n) is 4.15.